The number of imidazole rings is 1. The van der Waals surface area contributed by atoms with E-state index in [1.165, 1.54) is 41.1 Å². The molecule has 0 atom stereocenters. The van der Waals surface area contributed by atoms with Crippen LogP contribution in [0.2, 0.25) is 5.02 Å². The molecule has 1 aromatic carbocycles. The normalized spacial score (nSPS) is 13.0. The SMILES string of the molecule is Nc1cc(=Nc2cc(Cl)ccc2F)nc2/c(=C\c3[nH]c(=O)[nH]c3O)cnn12. The van der Waals surface area contributed by atoms with E-state index >= 15 is 0 Å². The van der Waals surface area contributed by atoms with Crippen molar-refractivity contribution in [1.82, 2.24) is 24.6 Å². The van der Waals surface area contributed by atoms with E-state index in [1.54, 1.807) is 0 Å². The molecule has 0 aliphatic rings. The highest BCUT2D eigenvalue weighted by molar-refractivity contribution is 6.30. The Bertz CT molecular complexity index is 1360. The molecule has 136 valence electrons. The molecular weight excluding hydrogens is 377 g/mol. The average molecular weight is 388 g/mol. The van der Waals surface area contributed by atoms with Gasteiger partial charge >= 0.3 is 5.69 Å². The van der Waals surface area contributed by atoms with Crippen molar-refractivity contribution in [3.63, 3.8) is 0 Å². The summed E-state index contributed by atoms with van der Waals surface area (Å²) >= 11 is 5.88. The zero-order chi connectivity index (χ0) is 19.1. The molecule has 0 spiro atoms. The molecule has 0 radical (unpaired) electrons. The van der Waals surface area contributed by atoms with E-state index in [0.717, 1.165) is 0 Å². The third-order valence-corrected chi connectivity index (χ3v) is 3.93. The number of benzene rings is 1. The number of halogens is 2. The van der Waals surface area contributed by atoms with Gasteiger partial charge in [0.1, 0.15) is 23.0 Å². The van der Waals surface area contributed by atoms with E-state index in [4.69, 9.17) is 17.3 Å². The van der Waals surface area contributed by atoms with Crippen LogP contribution in [0.5, 0.6) is 5.88 Å². The van der Waals surface area contributed by atoms with E-state index in [-0.39, 0.29) is 28.6 Å². The minimum Gasteiger partial charge on any atom is -0.493 e. The van der Waals surface area contributed by atoms with Crippen LogP contribution in [0.25, 0.3) is 11.7 Å². The molecule has 0 unspecified atom stereocenters. The second-order valence-corrected chi connectivity index (χ2v) is 6.00. The third-order valence-electron chi connectivity index (χ3n) is 3.69. The van der Waals surface area contributed by atoms with E-state index < -0.39 is 11.5 Å². The lowest BCUT2D eigenvalue weighted by atomic mass is 10.3. The second kappa shape index (κ2) is 6.25. The van der Waals surface area contributed by atoms with Crippen LogP contribution in [-0.2, 0) is 0 Å². The highest BCUT2D eigenvalue weighted by atomic mass is 35.5. The molecule has 0 bridgehead atoms. The van der Waals surface area contributed by atoms with Crippen LogP contribution in [-0.4, -0.2) is 29.7 Å². The fraction of sp³-hybridized carbons (Fsp3) is 0. The quantitative estimate of drug-likeness (QED) is 0.399. The monoisotopic (exact) mass is 387 g/mol. The minimum atomic E-state index is -0.560. The smallest absolute Gasteiger partial charge is 0.326 e. The molecular formula is C16H11ClFN7O2. The number of nitrogens with zero attached hydrogens (tertiary/aromatic N) is 4. The molecule has 3 aromatic heterocycles. The summed E-state index contributed by atoms with van der Waals surface area (Å²) in [5.41, 5.74) is 6.02. The van der Waals surface area contributed by atoms with Gasteiger partial charge in [-0.05, 0) is 24.3 Å². The number of hydrogen-bond donors (Lipinski definition) is 4. The maximum absolute atomic E-state index is 13.9. The van der Waals surface area contributed by atoms with E-state index in [9.17, 15) is 14.3 Å². The lowest BCUT2D eigenvalue weighted by Gasteiger charge is -2.00. The van der Waals surface area contributed by atoms with Gasteiger partial charge in [-0.25, -0.2) is 19.2 Å². The molecule has 27 heavy (non-hydrogen) atoms. The summed E-state index contributed by atoms with van der Waals surface area (Å²) in [5, 5.41) is 14.6. The van der Waals surface area contributed by atoms with Crippen LogP contribution in [0.3, 0.4) is 0 Å². The maximum atomic E-state index is 13.9. The van der Waals surface area contributed by atoms with Gasteiger partial charge in [-0.3, -0.25) is 4.98 Å². The van der Waals surface area contributed by atoms with Crippen molar-refractivity contribution in [2.75, 3.05) is 5.73 Å². The number of fused-ring (bicyclic) bond motifs is 1. The number of aromatic hydroxyl groups is 1. The van der Waals surface area contributed by atoms with Crippen LogP contribution in [0.1, 0.15) is 5.69 Å². The van der Waals surface area contributed by atoms with Gasteiger partial charge in [0.05, 0.1) is 6.20 Å². The van der Waals surface area contributed by atoms with Crippen LogP contribution >= 0.6 is 11.6 Å². The Labute approximate surface area is 154 Å². The van der Waals surface area contributed by atoms with Crippen LogP contribution in [0, 0.1) is 5.82 Å². The van der Waals surface area contributed by atoms with Gasteiger partial charge in [0.25, 0.3) is 0 Å². The highest BCUT2D eigenvalue weighted by Gasteiger charge is 2.08. The van der Waals surface area contributed by atoms with Crippen molar-refractivity contribution in [2.24, 2.45) is 4.99 Å². The Morgan fingerprint density at radius 2 is 2.15 bits per heavy atom. The molecule has 5 N–H and O–H groups in total. The van der Waals surface area contributed by atoms with Gasteiger partial charge in [0.15, 0.2) is 11.1 Å². The van der Waals surface area contributed by atoms with Gasteiger partial charge in [-0.2, -0.15) is 9.61 Å². The number of aromatic nitrogens is 5. The molecule has 11 heteroatoms. The van der Waals surface area contributed by atoms with Crippen molar-refractivity contribution >= 4 is 34.8 Å². The zero-order valence-corrected chi connectivity index (χ0v) is 14.2. The second-order valence-electron chi connectivity index (χ2n) is 5.57. The van der Waals surface area contributed by atoms with Crippen molar-refractivity contribution < 1.29 is 9.50 Å². The van der Waals surface area contributed by atoms with Gasteiger partial charge < -0.3 is 15.8 Å². The van der Waals surface area contributed by atoms with Gasteiger partial charge in [-0.1, -0.05) is 11.6 Å². The summed E-state index contributed by atoms with van der Waals surface area (Å²) in [6.45, 7) is 0. The maximum Gasteiger partial charge on any atom is 0.326 e. The number of anilines is 1. The lowest BCUT2D eigenvalue weighted by molar-refractivity contribution is 0.454. The number of nitrogens with two attached hydrogens (primary N) is 1. The van der Waals surface area contributed by atoms with Crippen molar-refractivity contribution in [3.05, 3.63) is 68.2 Å². The van der Waals surface area contributed by atoms with Crippen molar-refractivity contribution in [2.45, 2.75) is 0 Å². The van der Waals surface area contributed by atoms with Gasteiger partial charge in [-0.15, -0.1) is 0 Å². The van der Waals surface area contributed by atoms with Crippen molar-refractivity contribution in [3.8, 4) is 5.88 Å². The molecule has 0 saturated heterocycles. The molecule has 9 nitrogen and oxygen atoms in total. The van der Waals surface area contributed by atoms with Crippen LogP contribution in [0.15, 0.2) is 40.2 Å². The first kappa shape index (κ1) is 16.8. The first-order valence-corrected chi connectivity index (χ1v) is 7.95. The van der Waals surface area contributed by atoms with Crippen LogP contribution in [0.4, 0.5) is 15.9 Å². The number of nitrogens with one attached hydrogen (secondary N) is 2. The minimum absolute atomic E-state index is 0.0106. The average Bonchev–Trinajstić information content (AvgIpc) is 3.15. The molecule has 4 rings (SSSR count). The number of hydrogen-bond acceptors (Lipinski definition) is 6. The Hall–Kier alpha value is -3.66. The molecule has 0 aliphatic heterocycles. The van der Waals surface area contributed by atoms with E-state index in [2.05, 4.69) is 25.0 Å². The first-order valence-electron chi connectivity index (χ1n) is 7.58. The summed E-state index contributed by atoms with van der Waals surface area (Å²) in [6.07, 6.45) is 2.92. The first-order chi connectivity index (χ1) is 12.9. The fourth-order valence-electron chi connectivity index (χ4n) is 2.49. The van der Waals surface area contributed by atoms with Gasteiger partial charge in [0, 0.05) is 16.3 Å². The number of aromatic amines is 2. The molecule has 4 aromatic rings. The summed E-state index contributed by atoms with van der Waals surface area (Å²) in [6, 6.07) is 5.41. The Balaban J connectivity index is 1.95. The van der Waals surface area contributed by atoms with Crippen molar-refractivity contribution in [1.29, 1.82) is 0 Å². The third kappa shape index (κ3) is 3.13. The Morgan fingerprint density at radius 3 is 2.89 bits per heavy atom. The highest BCUT2D eigenvalue weighted by Crippen LogP contribution is 2.21. The topological polar surface area (TPSA) is 137 Å². The molecule has 0 saturated carbocycles. The Morgan fingerprint density at radius 1 is 1.33 bits per heavy atom. The van der Waals surface area contributed by atoms with E-state index in [1.807, 2.05) is 0 Å². The molecule has 0 aliphatic carbocycles. The number of H-pyrrole nitrogens is 2. The van der Waals surface area contributed by atoms with Gasteiger partial charge in [0.2, 0.25) is 5.88 Å². The lowest BCUT2D eigenvalue weighted by Crippen LogP contribution is -2.16. The largest absolute Gasteiger partial charge is 0.493 e. The van der Waals surface area contributed by atoms with E-state index in [0.29, 0.717) is 15.9 Å². The van der Waals surface area contributed by atoms with Crippen LogP contribution < -0.4 is 22.1 Å². The predicted octanol–water partition coefficient (Wildman–Crippen LogP) is 0.606. The fourth-order valence-corrected chi connectivity index (χ4v) is 2.66. The summed E-state index contributed by atoms with van der Waals surface area (Å²) in [7, 11) is 0. The molecule has 0 fully saturated rings. The summed E-state index contributed by atoms with van der Waals surface area (Å²) < 4.78 is 15.3. The molecule has 3 heterocycles. The Kier molecular flexibility index (Phi) is 3.89. The zero-order valence-electron chi connectivity index (χ0n) is 13.4. The number of nitrogen functional groups attached to an aromatic ring is 1. The molecule has 0 amide bonds. The summed E-state index contributed by atoms with van der Waals surface area (Å²) in [5.74, 6) is -0.670. The summed E-state index contributed by atoms with van der Waals surface area (Å²) in [4.78, 5) is 24.4. The number of rotatable bonds is 2. The standard InChI is InChI=1S/C16H11ClFN7O2/c17-8-1-2-9(18)10(4-8)21-13-5-12(19)25-14(23-13)7(6-20-25)3-11-15(26)24-16(27)22-11/h1-6,26H,19H2,(H2,22,24,27)/b7-3-,21-13?. The predicted molar refractivity (Wildman–Crippen MR) is 95.9 cm³/mol.